The number of hydrogen-bond donors (Lipinski definition) is 1. The average molecular weight is 216 g/mol. The van der Waals surface area contributed by atoms with Crippen LogP contribution >= 0.6 is 0 Å². The van der Waals surface area contributed by atoms with Crippen LogP contribution in [0.5, 0.6) is 0 Å². The first kappa shape index (κ1) is 12.7. The molecule has 0 fully saturated rings. The minimum Gasteiger partial charge on any atom is -0.298 e. The van der Waals surface area contributed by atoms with Crippen molar-refractivity contribution in [1.29, 1.82) is 5.26 Å². The molecule has 1 N–H and O–H groups in total. The third-order valence-corrected chi connectivity index (χ3v) is 2.58. The van der Waals surface area contributed by atoms with Crippen LogP contribution in [0.2, 0.25) is 0 Å². The van der Waals surface area contributed by atoms with Crippen LogP contribution in [0.1, 0.15) is 37.9 Å². The Morgan fingerprint density at radius 2 is 1.88 bits per heavy atom. The molecular weight excluding hydrogens is 196 g/mol. The number of nitrogens with zero attached hydrogens (tertiary/aromatic N) is 1. The molecule has 1 unspecified atom stereocenters. The van der Waals surface area contributed by atoms with Crippen LogP contribution < -0.4 is 5.32 Å². The van der Waals surface area contributed by atoms with E-state index in [1.807, 2.05) is 12.1 Å². The van der Waals surface area contributed by atoms with Crippen LogP contribution in [0.25, 0.3) is 0 Å². The van der Waals surface area contributed by atoms with Crippen LogP contribution in [0, 0.1) is 17.2 Å². The van der Waals surface area contributed by atoms with E-state index < -0.39 is 0 Å². The topological polar surface area (TPSA) is 35.8 Å². The molecule has 2 nitrogen and oxygen atoms in total. The van der Waals surface area contributed by atoms with E-state index in [0.29, 0.717) is 5.92 Å². The van der Waals surface area contributed by atoms with Crippen molar-refractivity contribution in [3.8, 4) is 6.07 Å². The number of rotatable bonds is 5. The normalized spacial score (nSPS) is 12.4. The number of hydrogen-bond acceptors (Lipinski definition) is 2. The second-order valence-electron chi connectivity index (χ2n) is 4.46. The highest BCUT2D eigenvalue weighted by molar-refractivity contribution is 5.28. The Balaban J connectivity index is 2.68. The zero-order valence-corrected chi connectivity index (χ0v) is 10.3. The summed E-state index contributed by atoms with van der Waals surface area (Å²) < 4.78 is 0. The summed E-state index contributed by atoms with van der Waals surface area (Å²) in [5.41, 5.74) is 2.37. The summed E-state index contributed by atoms with van der Waals surface area (Å²) in [6, 6.07) is 10.4. The maximum absolute atomic E-state index is 9.11. The lowest BCUT2D eigenvalue weighted by atomic mass is 10.0. The van der Waals surface area contributed by atoms with Gasteiger partial charge in [0.25, 0.3) is 0 Å². The molecule has 1 aromatic rings. The monoisotopic (exact) mass is 216 g/mol. The van der Waals surface area contributed by atoms with Gasteiger partial charge in [-0.05, 0) is 30.0 Å². The summed E-state index contributed by atoms with van der Waals surface area (Å²) >= 11 is 0. The number of benzene rings is 1. The first-order chi connectivity index (χ1) is 7.67. The Bertz CT molecular complexity index is 346. The fourth-order valence-electron chi connectivity index (χ4n) is 1.54. The van der Waals surface area contributed by atoms with Gasteiger partial charge in [0.1, 0.15) is 6.04 Å². The molecule has 0 radical (unpaired) electrons. The van der Waals surface area contributed by atoms with Crippen molar-refractivity contribution in [2.45, 2.75) is 33.2 Å². The predicted molar refractivity (Wildman–Crippen MR) is 67.0 cm³/mol. The molecule has 0 spiro atoms. The van der Waals surface area contributed by atoms with E-state index in [0.717, 1.165) is 18.5 Å². The molecule has 1 rings (SSSR count). The number of nitrogens with one attached hydrogen (secondary N) is 1. The minimum absolute atomic E-state index is 0.187. The van der Waals surface area contributed by atoms with Crippen LogP contribution in [0.3, 0.4) is 0 Å². The largest absolute Gasteiger partial charge is 0.298 e. The van der Waals surface area contributed by atoms with Gasteiger partial charge in [0.2, 0.25) is 0 Å². The van der Waals surface area contributed by atoms with Gasteiger partial charge in [-0.25, -0.2) is 0 Å². The average Bonchev–Trinajstić information content (AvgIpc) is 2.30. The van der Waals surface area contributed by atoms with E-state index >= 15 is 0 Å². The van der Waals surface area contributed by atoms with E-state index in [1.165, 1.54) is 5.56 Å². The standard InChI is InChI=1S/C14H20N2/c1-4-12-5-7-13(8-6-12)14(9-15)16-10-11(2)3/h5-8,11,14,16H,4,10H2,1-3H3. The molecule has 0 aliphatic carbocycles. The van der Waals surface area contributed by atoms with Gasteiger partial charge in [-0.2, -0.15) is 5.26 Å². The fourth-order valence-corrected chi connectivity index (χ4v) is 1.54. The number of nitriles is 1. The molecule has 1 aromatic carbocycles. The van der Waals surface area contributed by atoms with Crippen molar-refractivity contribution in [3.05, 3.63) is 35.4 Å². The summed E-state index contributed by atoms with van der Waals surface area (Å²) in [6.45, 7) is 7.28. The van der Waals surface area contributed by atoms with E-state index in [-0.39, 0.29) is 6.04 Å². The summed E-state index contributed by atoms with van der Waals surface area (Å²) in [7, 11) is 0. The van der Waals surface area contributed by atoms with Crippen LogP contribution in [0.4, 0.5) is 0 Å². The lowest BCUT2D eigenvalue weighted by molar-refractivity contribution is 0.525. The molecule has 0 amide bonds. The molecule has 2 heteroatoms. The Morgan fingerprint density at radius 3 is 2.31 bits per heavy atom. The van der Waals surface area contributed by atoms with Gasteiger partial charge in [0.15, 0.2) is 0 Å². The Hall–Kier alpha value is -1.33. The lowest BCUT2D eigenvalue weighted by Gasteiger charge is -2.13. The zero-order chi connectivity index (χ0) is 12.0. The third-order valence-electron chi connectivity index (χ3n) is 2.58. The molecule has 0 aliphatic rings. The van der Waals surface area contributed by atoms with Crippen LogP contribution in [0.15, 0.2) is 24.3 Å². The van der Waals surface area contributed by atoms with E-state index in [2.05, 4.69) is 44.3 Å². The molecule has 0 bridgehead atoms. The number of aryl methyl sites for hydroxylation is 1. The molecule has 16 heavy (non-hydrogen) atoms. The van der Waals surface area contributed by atoms with Crippen molar-refractivity contribution < 1.29 is 0 Å². The molecule has 0 saturated heterocycles. The highest BCUT2D eigenvalue weighted by Crippen LogP contribution is 2.13. The summed E-state index contributed by atoms with van der Waals surface area (Å²) in [6.07, 6.45) is 1.04. The maximum Gasteiger partial charge on any atom is 0.121 e. The molecular formula is C14H20N2. The third kappa shape index (κ3) is 3.67. The van der Waals surface area contributed by atoms with Crippen molar-refractivity contribution in [2.75, 3.05) is 6.54 Å². The van der Waals surface area contributed by atoms with Gasteiger partial charge in [0.05, 0.1) is 6.07 Å². The van der Waals surface area contributed by atoms with Gasteiger partial charge in [-0.3, -0.25) is 5.32 Å². The minimum atomic E-state index is -0.187. The summed E-state index contributed by atoms with van der Waals surface area (Å²) in [5, 5.41) is 12.4. The molecule has 1 atom stereocenters. The van der Waals surface area contributed by atoms with Crippen LogP contribution in [-0.4, -0.2) is 6.54 Å². The first-order valence-electron chi connectivity index (χ1n) is 5.89. The molecule has 0 saturated carbocycles. The quantitative estimate of drug-likeness (QED) is 0.821. The predicted octanol–water partition coefficient (Wildman–Crippen LogP) is 3.06. The van der Waals surface area contributed by atoms with E-state index in [4.69, 9.17) is 5.26 Å². The Labute approximate surface area is 98.3 Å². The summed E-state index contributed by atoms with van der Waals surface area (Å²) in [4.78, 5) is 0. The van der Waals surface area contributed by atoms with Crippen molar-refractivity contribution in [3.63, 3.8) is 0 Å². The maximum atomic E-state index is 9.11. The Morgan fingerprint density at radius 1 is 1.25 bits per heavy atom. The highest BCUT2D eigenvalue weighted by Gasteiger charge is 2.09. The molecule has 0 aliphatic heterocycles. The van der Waals surface area contributed by atoms with E-state index in [9.17, 15) is 0 Å². The van der Waals surface area contributed by atoms with E-state index in [1.54, 1.807) is 0 Å². The van der Waals surface area contributed by atoms with Gasteiger partial charge >= 0.3 is 0 Å². The second kappa shape index (κ2) is 6.30. The lowest BCUT2D eigenvalue weighted by Crippen LogP contribution is -2.24. The smallest absolute Gasteiger partial charge is 0.121 e. The summed E-state index contributed by atoms with van der Waals surface area (Å²) in [5.74, 6) is 0.561. The Kier molecular flexibility index (Phi) is 5.01. The fraction of sp³-hybridized carbons (Fsp3) is 0.500. The van der Waals surface area contributed by atoms with Crippen LogP contribution in [-0.2, 0) is 6.42 Å². The molecule has 86 valence electrons. The highest BCUT2D eigenvalue weighted by atomic mass is 14.9. The SMILES string of the molecule is CCc1ccc(C(C#N)NCC(C)C)cc1. The zero-order valence-electron chi connectivity index (χ0n) is 10.3. The molecule has 0 heterocycles. The molecule has 0 aromatic heterocycles. The van der Waals surface area contributed by atoms with Gasteiger partial charge in [-0.15, -0.1) is 0 Å². The van der Waals surface area contributed by atoms with Gasteiger partial charge in [-0.1, -0.05) is 45.0 Å². The van der Waals surface area contributed by atoms with Crippen molar-refractivity contribution in [1.82, 2.24) is 5.32 Å². The van der Waals surface area contributed by atoms with Gasteiger partial charge < -0.3 is 0 Å². The van der Waals surface area contributed by atoms with Crippen molar-refractivity contribution >= 4 is 0 Å². The first-order valence-corrected chi connectivity index (χ1v) is 5.89. The van der Waals surface area contributed by atoms with Gasteiger partial charge in [0, 0.05) is 0 Å². The second-order valence-corrected chi connectivity index (χ2v) is 4.46. The van der Waals surface area contributed by atoms with Crippen molar-refractivity contribution in [2.24, 2.45) is 5.92 Å².